The van der Waals surface area contributed by atoms with Crippen molar-refractivity contribution < 1.29 is 19.0 Å². The van der Waals surface area contributed by atoms with E-state index < -0.39 is 6.04 Å². The van der Waals surface area contributed by atoms with Crippen LogP contribution in [0.3, 0.4) is 0 Å². The van der Waals surface area contributed by atoms with Gasteiger partial charge in [-0.05, 0) is 70.7 Å². The summed E-state index contributed by atoms with van der Waals surface area (Å²) in [6.07, 6.45) is 3.11. The average Bonchev–Trinajstić information content (AvgIpc) is 3.44. The molecular weight excluding hydrogens is 678 g/mol. The van der Waals surface area contributed by atoms with Gasteiger partial charge in [-0.25, -0.2) is 4.68 Å². The van der Waals surface area contributed by atoms with E-state index in [1.165, 1.54) is 11.8 Å². The van der Waals surface area contributed by atoms with Crippen LogP contribution in [0.25, 0.3) is 0 Å². The maximum Gasteiger partial charge on any atom is 0.255 e. The number of hydrogen-bond donors (Lipinski definition) is 2. The molecule has 0 bridgehead atoms. The Morgan fingerprint density at radius 3 is 2.60 bits per heavy atom. The first-order valence-corrected chi connectivity index (χ1v) is 16.7. The van der Waals surface area contributed by atoms with Gasteiger partial charge >= 0.3 is 0 Å². The number of methoxy groups -OCH3 is 2. The molecule has 0 fully saturated rings. The molecule has 1 aliphatic rings. The number of halogens is 2. The second-order valence-corrected chi connectivity index (χ2v) is 12.6. The highest BCUT2D eigenvalue weighted by atomic mass is 79.9. The molecule has 0 saturated carbocycles. The van der Waals surface area contributed by atoms with Crippen molar-refractivity contribution in [3.05, 3.63) is 92.6 Å². The molecule has 2 N–H and O–H groups in total. The van der Waals surface area contributed by atoms with E-state index in [0.29, 0.717) is 67.2 Å². The van der Waals surface area contributed by atoms with Gasteiger partial charge in [0.25, 0.3) is 5.91 Å². The Labute approximate surface area is 280 Å². The Morgan fingerprint density at radius 1 is 1.09 bits per heavy atom. The summed E-state index contributed by atoms with van der Waals surface area (Å²) in [4.78, 5) is 18.9. The molecule has 12 heteroatoms. The van der Waals surface area contributed by atoms with Crippen molar-refractivity contribution in [1.82, 2.24) is 14.8 Å². The number of thioether (sulfide) groups is 1. The zero-order valence-corrected chi connectivity index (χ0v) is 28.7. The van der Waals surface area contributed by atoms with Crippen molar-refractivity contribution in [3.63, 3.8) is 0 Å². The SMILES string of the molecule is CCCCCOc1c(Br)cc(C2C(C(=O)Nc3ccccc3OC)=C(C)Nc3nc(SCc4ccccc4Cl)nn32)cc1OC. The summed E-state index contributed by atoms with van der Waals surface area (Å²) in [5.74, 6) is 2.51. The lowest BCUT2D eigenvalue weighted by molar-refractivity contribution is -0.113. The van der Waals surface area contributed by atoms with Gasteiger partial charge in [0, 0.05) is 16.5 Å². The van der Waals surface area contributed by atoms with E-state index in [1.807, 2.05) is 55.5 Å². The first-order chi connectivity index (χ1) is 21.8. The van der Waals surface area contributed by atoms with Crippen molar-refractivity contribution >= 4 is 56.8 Å². The van der Waals surface area contributed by atoms with Crippen LogP contribution in [0.15, 0.2) is 81.6 Å². The molecule has 236 valence electrons. The fourth-order valence-electron chi connectivity index (χ4n) is 5.05. The van der Waals surface area contributed by atoms with Gasteiger partial charge in [0.05, 0.1) is 36.6 Å². The predicted octanol–water partition coefficient (Wildman–Crippen LogP) is 8.50. The number of aromatic nitrogens is 3. The third-order valence-corrected chi connectivity index (χ3v) is 9.15. The first-order valence-electron chi connectivity index (χ1n) is 14.6. The van der Waals surface area contributed by atoms with E-state index in [9.17, 15) is 4.79 Å². The van der Waals surface area contributed by atoms with Crippen molar-refractivity contribution in [2.45, 2.75) is 50.1 Å². The van der Waals surface area contributed by atoms with Crippen LogP contribution in [-0.2, 0) is 10.5 Å². The third-order valence-electron chi connectivity index (χ3n) is 7.31. The molecule has 0 aliphatic carbocycles. The second-order valence-electron chi connectivity index (χ2n) is 10.4. The number of unbranched alkanes of at least 4 members (excludes halogenated alkanes) is 2. The Hall–Kier alpha value is -3.67. The quantitative estimate of drug-likeness (QED) is 0.105. The summed E-state index contributed by atoms with van der Waals surface area (Å²) in [6.45, 7) is 4.58. The van der Waals surface area contributed by atoms with Crippen molar-refractivity contribution in [2.75, 3.05) is 31.5 Å². The molecule has 0 saturated heterocycles. The summed E-state index contributed by atoms with van der Waals surface area (Å²) >= 11 is 11.6. The standard InChI is InChI=1S/C33H35BrClN5O4S/c1-5-6-11-16-44-30-23(34)17-22(18-27(30)43-4)29-28(31(41)37-25-14-9-10-15-26(25)42-3)20(2)36-32-38-33(39-40(29)32)45-19-21-12-7-8-13-24(21)35/h7-10,12-15,17-18,29H,5-6,11,16,19H2,1-4H3,(H,37,41)(H,36,38,39). The Bertz CT molecular complexity index is 1710. The minimum absolute atomic E-state index is 0.309. The van der Waals surface area contributed by atoms with E-state index in [0.717, 1.165) is 30.4 Å². The Balaban J connectivity index is 1.54. The number of nitrogens with zero attached hydrogens (tertiary/aromatic N) is 3. The van der Waals surface area contributed by atoms with Gasteiger partial charge in [-0.1, -0.05) is 73.5 Å². The number of allylic oxidation sites excluding steroid dienone is 1. The Kier molecular flexibility index (Phi) is 11.0. The highest BCUT2D eigenvalue weighted by Crippen LogP contribution is 2.43. The van der Waals surface area contributed by atoms with Crippen LogP contribution >= 0.6 is 39.3 Å². The molecule has 2 heterocycles. The number of benzene rings is 3. The number of ether oxygens (including phenoxy) is 3. The molecule has 45 heavy (non-hydrogen) atoms. The molecule has 1 aromatic heterocycles. The molecule has 4 aromatic rings. The van der Waals surface area contributed by atoms with Crippen molar-refractivity contribution in [1.29, 1.82) is 0 Å². The minimum Gasteiger partial charge on any atom is -0.495 e. The molecule has 1 aliphatic heterocycles. The summed E-state index contributed by atoms with van der Waals surface area (Å²) in [7, 11) is 3.17. The summed E-state index contributed by atoms with van der Waals surface area (Å²) in [6, 6.07) is 18.2. The molecule has 1 atom stereocenters. The molecule has 1 unspecified atom stereocenters. The number of para-hydroxylation sites is 2. The van der Waals surface area contributed by atoms with Crippen LogP contribution in [0.1, 0.15) is 50.3 Å². The fourth-order valence-corrected chi connectivity index (χ4v) is 6.74. The van der Waals surface area contributed by atoms with Gasteiger partial charge in [0.2, 0.25) is 11.1 Å². The molecule has 5 rings (SSSR count). The zero-order chi connectivity index (χ0) is 31.9. The van der Waals surface area contributed by atoms with E-state index in [4.69, 9.17) is 35.9 Å². The van der Waals surface area contributed by atoms with Crippen LogP contribution in [0.4, 0.5) is 11.6 Å². The van der Waals surface area contributed by atoms with Crippen molar-refractivity contribution in [2.24, 2.45) is 0 Å². The fraction of sp³-hybridized carbons (Fsp3) is 0.303. The number of nitrogens with one attached hydrogen (secondary N) is 2. The largest absolute Gasteiger partial charge is 0.495 e. The van der Waals surface area contributed by atoms with Crippen LogP contribution in [0.5, 0.6) is 17.2 Å². The smallest absolute Gasteiger partial charge is 0.255 e. The van der Waals surface area contributed by atoms with Gasteiger partial charge in [0.15, 0.2) is 11.5 Å². The Morgan fingerprint density at radius 2 is 1.84 bits per heavy atom. The summed E-state index contributed by atoms with van der Waals surface area (Å²) < 4.78 is 19.8. The highest BCUT2D eigenvalue weighted by molar-refractivity contribution is 9.10. The lowest BCUT2D eigenvalue weighted by atomic mass is 9.94. The molecule has 0 spiro atoms. The number of carbonyl (C=O) groups is 1. The third kappa shape index (κ3) is 7.43. The average molecular weight is 713 g/mol. The lowest BCUT2D eigenvalue weighted by Crippen LogP contribution is -2.31. The lowest BCUT2D eigenvalue weighted by Gasteiger charge is -2.29. The number of fused-ring (bicyclic) bond motifs is 1. The zero-order valence-electron chi connectivity index (χ0n) is 25.5. The summed E-state index contributed by atoms with van der Waals surface area (Å²) in [5.41, 5.74) is 3.41. The molecular formula is C33H35BrClN5O4S. The van der Waals surface area contributed by atoms with E-state index >= 15 is 0 Å². The minimum atomic E-state index is -0.641. The number of carbonyl (C=O) groups excluding carboxylic acids is 1. The number of anilines is 2. The van der Waals surface area contributed by atoms with Gasteiger partial charge in [-0.3, -0.25) is 4.79 Å². The molecule has 0 radical (unpaired) electrons. The van der Waals surface area contributed by atoms with Gasteiger partial charge in [-0.15, -0.1) is 5.10 Å². The molecule has 9 nitrogen and oxygen atoms in total. The first kappa shape index (κ1) is 32.7. The number of rotatable bonds is 13. The maximum absolute atomic E-state index is 14.1. The van der Waals surface area contributed by atoms with Crippen LogP contribution in [-0.4, -0.2) is 41.5 Å². The van der Waals surface area contributed by atoms with E-state index in [2.05, 4.69) is 33.5 Å². The van der Waals surface area contributed by atoms with Crippen LogP contribution < -0.4 is 24.8 Å². The number of hydrogen-bond acceptors (Lipinski definition) is 8. The topological polar surface area (TPSA) is 99.5 Å². The van der Waals surface area contributed by atoms with Crippen molar-refractivity contribution in [3.8, 4) is 17.2 Å². The van der Waals surface area contributed by atoms with Gasteiger partial charge in [-0.2, -0.15) is 4.98 Å². The summed E-state index contributed by atoms with van der Waals surface area (Å²) in [5, 5.41) is 12.4. The van der Waals surface area contributed by atoms with Gasteiger partial charge < -0.3 is 24.8 Å². The monoisotopic (exact) mass is 711 g/mol. The maximum atomic E-state index is 14.1. The highest BCUT2D eigenvalue weighted by Gasteiger charge is 2.36. The van der Waals surface area contributed by atoms with E-state index in [1.54, 1.807) is 31.0 Å². The number of amides is 1. The van der Waals surface area contributed by atoms with Crippen LogP contribution in [0.2, 0.25) is 5.02 Å². The van der Waals surface area contributed by atoms with Crippen LogP contribution in [0, 0.1) is 0 Å². The molecule has 3 aromatic carbocycles. The van der Waals surface area contributed by atoms with E-state index in [-0.39, 0.29) is 5.91 Å². The van der Waals surface area contributed by atoms with Gasteiger partial charge in [0.1, 0.15) is 11.8 Å². The predicted molar refractivity (Wildman–Crippen MR) is 183 cm³/mol. The normalized spacial score (nSPS) is 14.0. The second kappa shape index (κ2) is 15.1. The molecule has 1 amide bonds.